The van der Waals surface area contributed by atoms with Crippen LogP contribution in [0.15, 0.2) is 36.5 Å². The molecule has 0 atom stereocenters. The van der Waals surface area contributed by atoms with E-state index >= 15 is 0 Å². The Morgan fingerprint density at radius 2 is 1.80 bits per heavy atom. The summed E-state index contributed by atoms with van der Waals surface area (Å²) in [6, 6.07) is 7.60. The minimum atomic E-state index is -4.50. The number of amides is 1. The lowest BCUT2D eigenvalue weighted by atomic mass is 9.95. The molecule has 0 saturated carbocycles. The van der Waals surface area contributed by atoms with E-state index in [1.807, 2.05) is 0 Å². The molecule has 3 aromatic rings. The second-order valence-electron chi connectivity index (χ2n) is 6.88. The average molecular weight is 455 g/mol. The summed E-state index contributed by atoms with van der Waals surface area (Å²) in [6.07, 6.45) is -0.739. The van der Waals surface area contributed by atoms with Gasteiger partial charge in [0.05, 0.1) is 15.7 Å². The lowest BCUT2D eigenvalue weighted by Crippen LogP contribution is -2.13. The molecule has 0 aliphatic heterocycles. The van der Waals surface area contributed by atoms with Crippen LogP contribution in [0.5, 0.6) is 0 Å². The Kier molecular flexibility index (Phi) is 5.46. The molecule has 1 amide bonds. The maximum absolute atomic E-state index is 13.4. The molecule has 1 N–H and O–H groups in total. The molecule has 1 aliphatic rings. The minimum Gasteiger partial charge on any atom is -0.305 e. The molecule has 4 rings (SSSR count). The number of rotatable bonds is 3. The third kappa shape index (κ3) is 4.02. The van der Waals surface area contributed by atoms with Gasteiger partial charge in [-0.1, -0.05) is 23.2 Å². The zero-order chi connectivity index (χ0) is 21.5. The molecule has 0 fully saturated rings. The largest absolute Gasteiger partial charge is 0.435 e. The number of hydrogen-bond donors (Lipinski definition) is 1. The van der Waals surface area contributed by atoms with Gasteiger partial charge in [-0.3, -0.25) is 4.79 Å². The number of fused-ring (bicyclic) bond motifs is 1. The van der Waals surface area contributed by atoms with Gasteiger partial charge in [-0.2, -0.15) is 18.3 Å². The van der Waals surface area contributed by atoms with Gasteiger partial charge in [0.1, 0.15) is 0 Å². The first kappa shape index (κ1) is 20.7. The van der Waals surface area contributed by atoms with E-state index in [1.54, 1.807) is 12.1 Å². The predicted octanol–water partition coefficient (Wildman–Crippen LogP) is 5.72. The molecule has 30 heavy (non-hydrogen) atoms. The summed E-state index contributed by atoms with van der Waals surface area (Å²) in [5, 5.41) is 6.95. The van der Waals surface area contributed by atoms with E-state index in [-0.39, 0.29) is 16.4 Å². The Morgan fingerprint density at radius 1 is 1.10 bits per heavy atom. The lowest BCUT2D eigenvalue weighted by molar-refractivity contribution is -0.142. The molecule has 1 aromatic carbocycles. The number of carbonyl (C=O) groups is 1. The van der Waals surface area contributed by atoms with Gasteiger partial charge < -0.3 is 5.32 Å². The van der Waals surface area contributed by atoms with E-state index in [1.165, 1.54) is 29.1 Å². The summed E-state index contributed by atoms with van der Waals surface area (Å²) in [5.74, 6) is -0.303. The van der Waals surface area contributed by atoms with Gasteiger partial charge in [-0.15, -0.1) is 0 Å². The summed E-state index contributed by atoms with van der Waals surface area (Å²) < 4.78 is 41.5. The number of benzene rings is 1. The fourth-order valence-corrected chi connectivity index (χ4v) is 3.91. The van der Waals surface area contributed by atoms with Crippen molar-refractivity contribution in [3.8, 4) is 5.69 Å². The van der Waals surface area contributed by atoms with Crippen molar-refractivity contribution in [2.24, 2.45) is 0 Å². The molecule has 10 heteroatoms. The van der Waals surface area contributed by atoms with Crippen LogP contribution in [0.25, 0.3) is 5.69 Å². The zero-order valence-corrected chi connectivity index (χ0v) is 16.9. The highest BCUT2D eigenvalue weighted by atomic mass is 35.5. The first-order chi connectivity index (χ1) is 14.2. The Morgan fingerprint density at radius 3 is 2.47 bits per heavy atom. The van der Waals surface area contributed by atoms with Crippen molar-refractivity contribution in [2.75, 3.05) is 5.32 Å². The Bertz CT molecular complexity index is 1110. The van der Waals surface area contributed by atoms with Gasteiger partial charge in [0.2, 0.25) is 0 Å². The number of nitrogens with zero attached hydrogens (tertiary/aromatic N) is 3. The second-order valence-corrected chi connectivity index (χ2v) is 7.72. The van der Waals surface area contributed by atoms with Crippen LogP contribution >= 0.6 is 23.2 Å². The summed E-state index contributed by atoms with van der Waals surface area (Å²) in [4.78, 5) is 16.4. The summed E-state index contributed by atoms with van der Waals surface area (Å²) in [5.41, 5.74) is 0.760. The van der Waals surface area contributed by atoms with Crippen molar-refractivity contribution in [3.05, 3.63) is 69.1 Å². The van der Waals surface area contributed by atoms with Crippen LogP contribution in [0.3, 0.4) is 0 Å². The Hall–Kier alpha value is -2.58. The highest BCUT2D eigenvalue weighted by Crippen LogP contribution is 2.36. The first-order valence-corrected chi connectivity index (χ1v) is 9.90. The van der Waals surface area contributed by atoms with E-state index in [0.29, 0.717) is 41.2 Å². The number of anilines is 1. The smallest absolute Gasteiger partial charge is 0.305 e. The van der Waals surface area contributed by atoms with Crippen molar-refractivity contribution in [1.82, 2.24) is 14.8 Å². The molecule has 1 aliphatic carbocycles. The topological polar surface area (TPSA) is 59.8 Å². The SMILES string of the molecule is O=C(Nc1ncc(Cl)cc1Cl)c1ccc(-n2nc(C(F)(F)F)c3c2CCCC3)cc1. The number of hydrogen-bond acceptors (Lipinski definition) is 3. The van der Waals surface area contributed by atoms with Crippen LogP contribution in [0.1, 0.15) is 40.2 Å². The van der Waals surface area contributed by atoms with Crippen molar-refractivity contribution in [1.29, 1.82) is 0 Å². The third-order valence-corrected chi connectivity index (χ3v) is 5.36. The number of nitrogens with one attached hydrogen (secondary N) is 1. The molecular weight excluding hydrogens is 440 g/mol. The van der Waals surface area contributed by atoms with E-state index in [2.05, 4.69) is 15.4 Å². The van der Waals surface area contributed by atoms with Crippen LogP contribution in [0.2, 0.25) is 10.0 Å². The number of pyridine rings is 1. The molecule has 0 bridgehead atoms. The maximum Gasteiger partial charge on any atom is 0.435 e. The van der Waals surface area contributed by atoms with Crippen molar-refractivity contribution in [3.63, 3.8) is 0 Å². The molecular formula is C20H15Cl2F3N4O. The van der Waals surface area contributed by atoms with Crippen LogP contribution in [0.4, 0.5) is 19.0 Å². The van der Waals surface area contributed by atoms with Crippen molar-refractivity contribution < 1.29 is 18.0 Å². The van der Waals surface area contributed by atoms with Crippen molar-refractivity contribution >= 4 is 34.9 Å². The maximum atomic E-state index is 13.4. The molecule has 2 heterocycles. The number of aromatic nitrogens is 3. The normalized spacial score (nSPS) is 13.8. The number of alkyl halides is 3. The number of halogens is 5. The van der Waals surface area contributed by atoms with E-state index in [9.17, 15) is 18.0 Å². The van der Waals surface area contributed by atoms with E-state index < -0.39 is 17.8 Å². The highest BCUT2D eigenvalue weighted by molar-refractivity contribution is 6.36. The molecule has 0 spiro atoms. The fraction of sp³-hybridized carbons (Fsp3) is 0.250. The second kappa shape index (κ2) is 7.92. The fourth-order valence-electron chi connectivity index (χ4n) is 3.48. The molecule has 0 radical (unpaired) electrons. The van der Waals surface area contributed by atoms with E-state index in [0.717, 1.165) is 6.42 Å². The molecule has 156 valence electrons. The monoisotopic (exact) mass is 454 g/mol. The average Bonchev–Trinajstić information content (AvgIpc) is 3.10. The van der Waals surface area contributed by atoms with Gasteiger partial charge >= 0.3 is 6.18 Å². The van der Waals surface area contributed by atoms with Crippen LogP contribution in [-0.2, 0) is 19.0 Å². The summed E-state index contributed by atoms with van der Waals surface area (Å²) in [6.45, 7) is 0. The third-order valence-electron chi connectivity index (χ3n) is 4.86. The van der Waals surface area contributed by atoms with Gasteiger partial charge in [0, 0.05) is 23.0 Å². The zero-order valence-electron chi connectivity index (χ0n) is 15.4. The lowest BCUT2D eigenvalue weighted by Gasteiger charge is -2.15. The van der Waals surface area contributed by atoms with Gasteiger partial charge in [0.25, 0.3) is 5.91 Å². The van der Waals surface area contributed by atoms with Crippen LogP contribution < -0.4 is 5.32 Å². The molecule has 2 aromatic heterocycles. The van der Waals surface area contributed by atoms with Gasteiger partial charge in [0.15, 0.2) is 11.5 Å². The minimum absolute atomic E-state index is 0.158. The Labute approximate surface area is 179 Å². The Balaban J connectivity index is 1.61. The van der Waals surface area contributed by atoms with Gasteiger partial charge in [-0.25, -0.2) is 9.67 Å². The molecule has 0 saturated heterocycles. The number of carbonyl (C=O) groups excluding carboxylic acids is 1. The summed E-state index contributed by atoms with van der Waals surface area (Å²) >= 11 is 11.8. The highest BCUT2D eigenvalue weighted by Gasteiger charge is 2.39. The van der Waals surface area contributed by atoms with Crippen molar-refractivity contribution in [2.45, 2.75) is 31.9 Å². The molecule has 0 unspecified atom stereocenters. The summed E-state index contributed by atoms with van der Waals surface area (Å²) in [7, 11) is 0. The van der Waals surface area contributed by atoms with Gasteiger partial charge in [-0.05, 0) is 56.0 Å². The molecule has 5 nitrogen and oxygen atoms in total. The van der Waals surface area contributed by atoms with E-state index in [4.69, 9.17) is 23.2 Å². The predicted molar refractivity (Wildman–Crippen MR) is 107 cm³/mol. The quantitative estimate of drug-likeness (QED) is 0.550. The first-order valence-electron chi connectivity index (χ1n) is 9.15. The standard InChI is InChI=1S/C20H15Cl2F3N4O/c21-12-9-15(22)18(26-10-12)27-19(30)11-5-7-13(8-6-11)29-16-4-2-1-3-14(16)17(28-29)20(23,24)25/h5-10H,1-4H2,(H,26,27,30). The van der Waals surface area contributed by atoms with Crippen LogP contribution in [0, 0.1) is 0 Å². The van der Waals surface area contributed by atoms with Crippen LogP contribution in [-0.4, -0.2) is 20.7 Å².